The molecule has 0 atom stereocenters. The molecule has 0 aliphatic rings. The first kappa shape index (κ1) is 11.3. The molecular weight excluding hydrogens is 267 g/mol. The van der Waals surface area contributed by atoms with E-state index < -0.39 is 11.7 Å². The number of halogens is 4. The molecule has 2 heterocycles. The van der Waals surface area contributed by atoms with Gasteiger partial charge in [0.1, 0.15) is 5.65 Å². The summed E-state index contributed by atoms with van der Waals surface area (Å²) in [4.78, 5) is 10.5. The van der Waals surface area contributed by atoms with Gasteiger partial charge >= 0.3 is 6.18 Å². The van der Waals surface area contributed by atoms with Gasteiger partial charge in [-0.25, -0.2) is 4.98 Å². The number of H-pyrrole nitrogens is 1. The van der Waals surface area contributed by atoms with Crippen LogP contribution in [-0.4, -0.2) is 15.0 Å². The highest BCUT2D eigenvalue weighted by atomic mass is 35.5. The summed E-state index contributed by atoms with van der Waals surface area (Å²) >= 11 is 5.63. The summed E-state index contributed by atoms with van der Waals surface area (Å²) in [5.41, 5.74) is 0.0707. The Balaban J connectivity index is 2.33. The van der Waals surface area contributed by atoms with Crippen molar-refractivity contribution >= 4 is 33.5 Å². The topological polar surface area (TPSA) is 41.6 Å². The van der Waals surface area contributed by atoms with Crippen LogP contribution < -0.4 is 0 Å². The van der Waals surface area contributed by atoms with Crippen LogP contribution in [0.1, 0.15) is 5.56 Å². The molecule has 0 bridgehead atoms. The molecule has 0 radical (unpaired) electrons. The lowest BCUT2D eigenvalue weighted by Gasteiger charge is -2.05. The summed E-state index contributed by atoms with van der Waals surface area (Å²) in [7, 11) is 0. The number of hydrogen-bond acceptors (Lipinski definition) is 2. The van der Waals surface area contributed by atoms with Crippen LogP contribution >= 0.6 is 11.6 Å². The minimum Gasteiger partial charge on any atom is -0.339 e. The third kappa shape index (κ3) is 1.69. The second kappa shape index (κ2) is 3.58. The van der Waals surface area contributed by atoms with E-state index in [0.717, 1.165) is 12.1 Å². The second-order valence-corrected chi connectivity index (χ2v) is 4.12. The third-order valence-corrected chi connectivity index (χ3v) is 2.83. The molecular formula is C11H5ClF3N3. The molecule has 3 rings (SSSR count). The van der Waals surface area contributed by atoms with Gasteiger partial charge in [-0.2, -0.15) is 18.2 Å². The lowest BCUT2D eigenvalue weighted by molar-refractivity contribution is -0.137. The smallest absolute Gasteiger partial charge is 0.339 e. The van der Waals surface area contributed by atoms with E-state index in [4.69, 9.17) is 11.6 Å². The first-order valence-electron chi connectivity index (χ1n) is 4.96. The zero-order chi connectivity index (χ0) is 12.9. The summed E-state index contributed by atoms with van der Waals surface area (Å²) in [5, 5.41) is 1.32. The van der Waals surface area contributed by atoms with Gasteiger partial charge < -0.3 is 4.98 Å². The van der Waals surface area contributed by atoms with Gasteiger partial charge in [0.15, 0.2) is 0 Å². The van der Waals surface area contributed by atoms with Crippen LogP contribution in [0, 0.1) is 0 Å². The van der Waals surface area contributed by atoms with E-state index in [2.05, 4.69) is 15.0 Å². The lowest BCUT2D eigenvalue weighted by Crippen LogP contribution is -2.03. The molecule has 0 saturated carbocycles. The van der Waals surface area contributed by atoms with Crippen LogP contribution in [0.15, 0.2) is 24.4 Å². The molecule has 92 valence electrons. The van der Waals surface area contributed by atoms with Crippen LogP contribution in [0.2, 0.25) is 5.28 Å². The van der Waals surface area contributed by atoms with Crippen molar-refractivity contribution in [1.82, 2.24) is 15.0 Å². The fraction of sp³-hybridized carbons (Fsp3) is 0.0909. The van der Waals surface area contributed by atoms with E-state index in [-0.39, 0.29) is 5.28 Å². The first-order valence-corrected chi connectivity index (χ1v) is 5.34. The van der Waals surface area contributed by atoms with Gasteiger partial charge in [0.05, 0.1) is 5.56 Å². The Morgan fingerprint density at radius 1 is 1.17 bits per heavy atom. The Kier molecular flexibility index (Phi) is 2.25. The van der Waals surface area contributed by atoms with Crippen molar-refractivity contribution in [3.63, 3.8) is 0 Å². The maximum absolute atomic E-state index is 12.6. The van der Waals surface area contributed by atoms with Crippen LogP contribution in [-0.2, 0) is 6.18 Å². The van der Waals surface area contributed by atoms with E-state index in [0.29, 0.717) is 21.9 Å². The molecule has 0 aliphatic carbocycles. The van der Waals surface area contributed by atoms with Crippen LogP contribution in [0.3, 0.4) is 0 Å². The highest BCUT2D eigenvalue weighted by Gasteiger charge is 2.30. The predicted octanol–water partition coefficient (Wildman–Crippen LogP) is 3.78. The van der Waals surface area contributed by atoms with E-state index in [1.165, 1.54) is 12.3 Å². The Bertz CT molecular complexity index is 748. The van der Waals surface area contributed by atoms with Gasteiger partial charge in [-0.15, -0.1) is 0 Å². The Labute approximate surface area is 104 Å². The molecule has 3 nitrogen and oxygen atoms in total. The SMILES string of the molecule is FC(F)(F)c1ccc2c(c1)[nH]c1nc(Cl)ncc12. The average Bonchev–Trinajstić information content (AvgIpc) is 2.63. The zero-order valence-corrected chi connectivity index (χ0v) is 9.47. The summed E-state index contributed by atoms with van der Waals surface area (Å²) in [6.45, 7) is 0. The highest BCUT2D eigenvalue weighted by Crippen LogP contribution is 2.33. The lowest BCUT2D eigenvalue weighted by atomic mass is 10.1. The fourth-order valence-corrected chi connectivity index (χ4v) is 1.97. The van der Waals surface area contributed by atoms with E-state index >= 15 is 0 Å². The van der Waals surface area contributed by atoms with Crippen molar-refractivity contribution < 1.29 is 13.2 Å². The number of nitrogens with zero attached hydrogens (tertiary/aromatic N) is 2. The number of hydrogen-bond donors (Lipinski definition) is 1. The molecule has 1 N–H and O–H groups in total. The number of aromatic nitrogens is 3. The summed E-state index contributed by atoms with van der Waals surface area (Å²) in [6, 6.07) is 3.48. The van der Waals surface area contributed by atoms with Gasteiger partial charge in [-0.05, 0) is 23.7 Å². The van der Waals surface area contributed by atoms with Crippen molar-refractivity contribution in [3.05, 3.63) is 35.2 Å². The van der Waals surface area contributed by atoms with E-state index in [9.17, 15) is 13.2 Å². The van der Waals surface area contributed by atoms with Crippen molar-refractivity contribution in [2.24, 2.45) is 0 Å². The Morgan fingerprint density at radius 3 is 2.67 bits per heavy atom. The molecule has 0 fully saturated rings. The zero-order valence-electron chi connectivity index (χ0n) is 8.72. The fourth-order valence-electron chi connectivity index (χ4n) is 1.84. The van der Waals surface area contributed by atoms with Crippen LogP contribution in [0.25, 0.3) is 21.9 Å². The molecule has 18 heavy (non-hydrogen) atoms. The van der Waals surface area contributed by atoms with Crippen molar-refractivity contribution in [2.75, 3.05) is 0 Å². The van der Waals surface area contributed by atoms with Crippen molar-refractivity contribution in [3.8, 4) is 0 Å². The Hall–Kier alpha value is -1.82. The monoisotopic (exact) mass is 271 g/mol. The highest BCUT2D eigenvalue weighted by molar-refractivity contribution is 6.28. The minimum absolute atomic E-state index is 0.0464. The third-order valence-electron chi connectivity index (χ3n) is 2.65. The number of alkyl halides is 3. The van der Waals surface area contributed by atoms with Crippen molar-refractivity contribution in [2.45, 2.75) is 6.18 Å². The maximum atomic E-state index is 12.6. The van der Waals surface area contributed by atoms with Gasteiger partial charge in [-0.3, -0.25) is 0 Å². The van der Waals surface area contributed by atoms with Gasteiger partial charge in [-0.1, -0.05) is 6.07 Å². The van der Waals surface area contributed by atoms with Crippen LogP contribution in [0.4, 0.5) is 13.2 Å². The maximum Gasteiger partial charge on any atom is 0.416 e. The predicted molar refractivity (Wildman–Crippen MR) is 61.4 cm³/mol. The molecule has 0 aliphatic heterocycles. The molecule has 0 saturated heterocycles. The van der Waals surface area contributed by atoms with E-state index in [1.54, 1.807) is 0 Å². The normalized spacial score (nSPS) is 12.4. The molecule has 7 heteroatoms. The minimum atomic E-state index is -4.37. The number of aromatic amines is 1. The first-order chi connectivity index (χ1) is 8.45. The van der Waals surface area contributed by atoms with Gasteiger partial charge in [0.25, 0.3) is 0 Å². The average molecular weight is 272 g/mol. The molecule has 0 unspecified atom stereocenters. The molecule has 0 amide bonds. The summed E-state index contributed by atoms with van der Waals surface area (Å²) in [6.07, 6.45) is -2.88. The second-order valence-electron chi connectivity index (χ2n) is 3.78. The van der Waals surface area contributed by atoms with Crippen molar-refractivity contribution in [1.29, 1.82) is 0 Å². The molecule has 3 aromatic rings. The van der Waals surface area contributed by atoms with E-state index in [1.807, 2.05) is 0 Å². The van der Waals surface area contributed by atoms with Crippen LogP contribution in [0.5, 0.6) is 0 Å². The molecule has 2 aromatic heterocycles. The summed E-state index contributed by atoms with van der Waals surface area (Å²) < 4.78 is 37.7. The summed E-state index contributed by atoms with van der Waals surface area (Å²) in [5.74, 6) is 0. The number of fused-ring (bicyclic) bond motifs is 3. The number of nitrogens with one attached hydrogen (secondary N) is 1. The number of rotatable bonds is 0. The molecule has 1 aromatic carbocycles. The largest absolute Gasteiger partial charge is 0.416 e. The van der Waals surface area contributed by atoms with Gasteiger partial charge in [0.2, 0.25) is 5.28 Å². The van der Waals surface area contributed by atoms with Gasteiger partial charge in [0, 0.05) is 22.5 Å². The number of benzene rings is 1. The Morgan fingerprint density at radius 2 is 1.94 bits per heavy atom. The quantitative estimate of drug-likeness (QED) is 0.632. The standard InChI is InChI=1S/C11H5ClF3N3/c12-10-16-4-7-6-2-1-5(11(13,14)15)3-8(6)17-9(7)18-10/h1-4H,(H,16,17,18). The molecule has 0 spiro atoms.